The van der Waals surface area contributed by atoms with Crippen LogP contribution in [0, 0.1) is 0 Å². The van der Waals surface area contributed by atoms with Gasteiger partial charge in [0, 0.05) is 12.1 Å². The van der Waals surface area contributed by atoms with Crippen LogP contribution >= 0.6 is 0 Å². The van der Waals surface area contributed by atoms with Crippen molar-refractivity contribution >= 4 is 17.4 Å². The van der Waals surface area contributed by atoms with E-state index in [1.54, 1.807) is 13.2 Å². The smallest absolute Gasteiger partial charge is 0.244 e. The molecule has 1 atom stereocenters. The molecule has 1 aromatic heterocycles. The van der Waals surface area contributed by atoms with Crippen molar-refractivity contribution in [3.05, 3.63) is 12.1 Å². The SMILES string of the molecule is CCC(C)N1CC(=O)Nc2ccc(OC)nc21. The summed E-state index contributed by atoms with van der Waals surface area (Å²) in [7, 11) is 1.59. The van der Waals surface area contributed by atoms with Crippen LogP contribution in [0.4, 0.5) is 11.5 Å². The molecule has 0 saturated heterocycles. The van der Waals surface area contributed by atoms with Crippen LogP contribution in [0.2, 0.25) is 0 Å². The highest BCUT2D eigenvalue weighted by atomic mass is 16.5. The number of aromatic nitrogens is 1. The zero-order valence-electron chi connectivity index (χ0n) is 10.4. The number of hydrogen-bond donors (Lipinski definition) is 1. The molecular weight excluding hydrogens is 218 g/mol. The van der Waals surface area contributed by atoms with E-state index in [0.717, 1.165) is 17.9 Å². The Balaban J connectivity index is 2.42. The summed E-state index contributed by atoms with van der Waals surface area (Å²) in [4.78, 5) is 18.0. The van der Waals surface area contributed by atoms with Crippen molar-refractivity contribution in [3.63, 3.8) is 0 Å². The minimum Gasteiger partial charge on any atom is -0.481 e. The normalized spacial score (nSPS) is 16.2. The van der Waals surface area contributed by atoms with Gasteiger partial charge in [0.05, 0.1) is 19.3 Å². The molecule has 1 aromatic rings. The fourth-order valence-electron chi connectivity index (χ4n) is 1.87. The first-order valence-electron chi connectivity index (χ1n) is 5.77. The summed E-state index contributed by atoms with van der Waals surface area (Å²) in [5, 5.41) is 2.82. The predicted molar refractivity (Wildman–Crippen MR) is 66.5 cm³/mol. The van der Waals surface area contributed by atoms with Gasteiger partial charge in [-0.1, -0.05) is 6.92 Å². The molecule has 5 heteroatoms. The molecular formula is C12H17N3O2. The number of rotatable bonds is 3. The van der Waals surface area contributed by atoms with E-state index in [1.165, 1.54) is 0 Å². The van der Waals surface area contributed by atoms with Crippen LogP contribution < -0.4 is 15.0 Å². The van der Waals surface area contributed by atoms with Gasteiger partial charge in [0.2, 0.25) is 11.8 Å². The molecule has 1 aliphatic rings. The number of anilines is 2. The van der Waals surface area contributed by atoms with Gasteiger partial charge in [-0.25, -0.2) is 0 Å². The van der Waals surface area contributed by atoms with E-state index in [1.807, 2.05) is 11.0 Å². The number of methoxy groups -OCH3 is 1. The third-order valence-electron chi connectivity index (χ3n) is 3.04. The van der Waals surface area contributed by atoms with Crippen LogP contribution in [-0.2, 0) is 4.79 Å². The van der Waals surface area contributed by atoms with E-state index in [9.17, 15) is 4.79 Å². The molecule has 1 unspecified atom stereocenters. The minimum atomic E-state index is 0.00441. The quantitative estimate of drug-likeness (QED) is 0.865. The van der Waals surface area contributed by atoms with Gasteiger partial charge in [-0.3, -0.25) is 4.79 Å². The Morgan fingerprint density at radius 1 is 1.59 bits per heavy atom. The number of carbonyl (C=O) groups is 1. The van der Waals surface area contributed by atoms with Gasteiger partial charge in [0.1, 0.15) is 0 Å². The van der Waals surface area contributed by atoms with Crippen LogP contribution in [0.1, 0.15) is 20.3 Å². The van der Waals surface area contributed by atoms with E-state index in [0.29, 0.717) is 12.4 Å². The molecule has 0 aliphatic carbocycles. The number of hydrogen-bond acceptors (Lipinski definition) is 4. The van der Waals surface area contributed by atoms with Gasteiger partial charge < -0.3 is 15.0 Å². The summed E-state index contributed by atoms with van der Waals surface area (Å²) in [5.74, 6) is 1.36. The van der Waals surface area contributed by atoms with E-state index in [4.69, 9.17) is 4.74 Å². The molecule has 1 amide bonds. The van der Waals surface area contributed by atoms with Gasteiger partial charge in [0.25, 0.3) is 0 Å². The predicted octanol–water partition coefficient (Wildman–Crippen LogP) is 1.65. The summed E-state index contributed by atoms with van der Waals surface area (Å²) < 4.78 is 5.12. The molecule has 17 heavy (non-hydrogen) atoms. The molecule has 2 rings (SSSR count). The molecule has 1 N–H and O–H groups in total. The summed E-state index contributed by atoms with van der Waals surface area (Å²) in [5.41, 5.74) is 0.752. The molecule has 0 radical (unpaired) electrons. The minimum absolute atomic E-state index is 0.00441. The van der Waals surface area contributed by atoms with Crippen molar-refractivity contribution in [1.29, 1.82) is 0 Å². The topological polar surface area (TPSA) is 54.5 Å². The average molecular weight is 235 g/mol. The zero-order chi connectivity index (χ0) is 12.4. The Labute approximate surface area is 101 Å². The maximum absolute atomic E-state index is 11.6. The highest BCUT2D eigenvalue weighted by molar-refractivity contribution is 6.00. The number of amides is 1. The van der Waals surface area contributed by atoms with Gasteiger partial charge in [-0.05, 0) is 19.4 Å². The Bertz CT molecular complexity index is 434. The van der Waals surface area contributed by atoms with E-state index in [2.05, 4.69) is 24.1 Å². The number of pyridine rings is 1. The second-order valence-corrected chi connectivity index (χ2v) is 4.16. The number of nitrogens with one attached hydrogen (secondary N) is 1. The van der Waals surface area contributed by atoms with Gasteiger partial charge in [-0.2, -0.15) is 4.98 Å². The fourth-order valence-corrected chi connectivity index (χ4v) is 1.87. The average Bonchev–Trinajstić information content (AvgIpc) is 2.36. The monoisotopic (exact) mass is 235 g/mol. The number of fused-ring (bicyclic) bond motifs is 1. The Hall–Kier alpha value is -1.78. The second kappa shape index (κ2) is 4.61. The van der Waals surface area contributed by atoms with Crippen molar-refractivity contribution in [2.45, 2.75) is 26.3 Å². The standard InChI is InChI=1S/C12H17N3O2/c1-4-8(2)15-7-10(16)13-9-5-6-11(17-3)14-12(9)15/h5-6,8H,4,7H2,1-3H3,(H,13,16). The van der Waals surface area contributed by atoms with E-state index >= 15 is 0 Å². The molecule has 0 bridgehead atoms. The van der Waals surface area contributed by atoms with Gasteiger partial charge >= 0.3 is 0 Å². The molecule has 0 aromatic carbocycles. The van der Waals surface area contributed by atoms with Crippen LogP contribution in [-0.4, -0.2) is 30.6 Å². The Morgan fingerprint density at radius 2 is 2.35 bits per heavy atom. The Morgan fingerprint density at radius 3 is 3.00 bits per heavy atom. The zero-order valence-corrected chi connectivity index (χ0v) is 10.4. The molecule has 0 fully saturated rings. The lowest BCUT2D eigenvalue weighted by molar-refractivity contribution is -0.115. The summed E-state index contributed by atoms with van der Waals surface area (Å²) in [6.45, 7) is 4.53. The van der Waals surface area contributed by atoms with Crippen LogP contribution in [0.15, 0.2) is 12.1 Å². The summed E-state index contributed by atoms with van der Waals surface area (Å²) >= 11 is 0. The molecule has 0 saturated carbocycles. The van der Waals surface area contributed by atoms with Gasteiger partial charge in [-0.15, -0.1) is 0 Å². The fraction of sp³-hybridized carbons (Fsp3) is 0.500. The maximum atomic E-state index is 11.6. The van der Waals surface area contributed by atoms with E-state index in [-0.39, 0.29) is 11.9 Å². The molecule has 1 aliphatic heterocycles. The largest absolute Gasteiger partial charge is 0.481 e. The number of ether oxygens (including phenoxy) is 1. The van der Waals surface area contributed by atoms with Crippen LogP contribution in [0.5, 0.6) is 5.88 Å². The maximum Gasteiger partial charge on any atom is 0.244 e. The Kier molecular flexibility index (Phi) is 3.17. The lowest BCUT2D eigenvalue weighted by Gasteiger charge is -2.34. The molecule has 5 nitrogen and oxygen atoms in total. The number of carbonyl (C=O) groups excluding carboxylic acids is 1. The first-order chi connectivity index (χ1) is 8.15. The second-order valence-electron chi connectivity index (χ2n) is 4.16. The van der Waals surface area contributed by atoms with Crippen molar-refractivity contribution in [2.24, 2.45) is 0 Å². The first-order valence-corrected chi connectivity index (χ1v) is 5.77. The highest BCUT2D eigenvalue weighted by Crippen LogP contribution is 2.31. The van der Waals surface area contributed by atoms with Crippen molar-refractivity contribution in [2.75, 3.05) is 23.9 Å². The lowest BCUT2D eigenvalue weighted by Crippen LogP contribution is -2.43. The van der Waals surface area contributed by atoms with Crippen molar-refractivity contribution in [3.8, 4) is 5.88 Å². The summed E-state index contributed by atoms with van der Waals surface area (Å²) in [6, 6.07) is 3.85. The molecule has 2 heterocycles. The third kappa shape index (κ3) is 2.18. The molecule has 0 spiro atoms. The number of nitrogens with zero attached hydrogens (tertiary/aromatic N) is 2. The van der Waals surface area contributed by atoms with Gasteiger partial charge in [0.15, 0.2) is 5.82 Å². The van der Waals surface area contributed by atoms with Crippen LogP contribution in [0.3, 0.4) is 0 Å². The van der Waals surface area contributed by atoms with Crippen molar-refractivity contribution in [1.82, 2.24) is 4.98 Å². The first kappa shape index (κ1) is 11.7. The lowest BCUT2D eigenvalue weighted by atomic mass is 10.1. The molecule has 92 valence electrons. The highest BCUT2D eigenvalue weighted by Gasteiger charge is 2.26. The van der Waals surface area contributed by atoms with Crippen LogP contribution in [0.25, 0.3) is 0 Å². The van der Waals surface area contributed by atoms with E-state index < -0.39 is 0 Å². The third-order valence-corrected chi connectivity index (χ3v) is 3.04. The summed E-state index contributed by atoms with van der Waals surface area (Å²) in [6.07, 6.45) is 0.964. The van der Waals surface area contributed by atoms with Crippen molar-refractivity contribution < 1.29 is 9.53 Å².